The van der Waals surface area contributed by atoms with Crippen molar-refractivity contribution in [2.45, 2.75) is 33.1 Å². The maximum atomic E-state index is 12.6. The lowest BCUT2D eigenvalue weighted by Gasteiger charge is -2.32. The third kappa shape index (κ3) is 5.04. The van der Waals surface area contributed by atoms with E-state index < -0.39 is 0 Å². The van der Waals surface area contributed by atoms with Gasteiger partial charge in [-0.2, -0.15) is 0 Å². The Balaban J connectivity index is 1.64. The van der Waals surface area contributed by atoms with Crippen LogP contribution in [0.25, 0.3) is 0 Å². The number of carbonyl (C=O) groups excluding carboxylic acids is 1. The van der Waals surface area contributed by atoms with E-state index in [1.165, 1.54) is 18.4 Å². The van der Waals surface area contributed by atoms with Crippen molar-refractivity contribution in [1.82, 2.24) is 14.9 Å². The van der Waals surface area contributed by atoms with Gasteiger partial charge in [0.1, 0.15) is 0 Å². The molecule has 0 atom stereocenters. The lowest BCUT2D eigenvalue weighted by atomic mass is 10.1. The molecule has 6 nitrogen and oxygen atoms in total. The summed E-state index contributed by atoms with van der Waals surface area (Å²) in [4.78, 5) is 26.1. The maximum absolute atomic E-state index is 12.6. The molecule has 0 unspecified atom stereocenters. The van der Waals surface area contributed by atoms with Crippen molar-refractivity contribution in [2.24, 2.45) is 0 Å². The molecule has 1 aromatic carbocycles. The topological polar surface area (TPSA) is 61.4 Å². The number of piperazine rings is 1. The monoisotopic (exact) mass is 367 g/mol. The highest BCUT2D eigenvalue weighted by atomic mass is 16.1. The van der Waals surface area contributed by atoms with E-state index in [4.69, 9.17) is 0 Å². The molecular formula is C21H29N5O. The Kier molecular flexibility index (Phi) is 6.40. The van der Waals surface area contributed by atoms with Gasteiger partial charge < -0.3 is 15.1 Å². The second kappa shape index (κ2) is 8.95. The Hall–Kier alpha value is -2.47. The van der Waals surface area contributed by atoms with Crippen LogP contribution in [0.5, 0.6) is 0 Å². The fourth-order valence-electron chi connectivity index (χ4n) is 3.17. The summed E-state index contributed by atoms with van der Waals surface area (Å²) in [5, 5.41) is 2.95. The average molecular weight is 367 g/mol. The number of aromatic nitrogens is 2. The second-order valence-corrected chi connectivity index (χ2v) is 7.21. The zero-order chi connectivity index (χ0) is 19.2. The van der Waals surface area contributed by atoms with Crippen molar-refractivity contribution in [1.29, 1.82) is 0 Å². The van der Waals surface area contributed by atoms with E-state index in [1.807, 2.05) is 19.1 Å². The lowest BCUT2D eigenvalue weighted by molar-refractivity contribution is 0.102. The first-order valence-electron chi connectivity index (χ1n) is 9.74. The van der Waals surface area contributed by atoms with Gasteiger partial charge in [-0.15, -0.1) is 0 Å². The van der Waals surface area contributed by atoms with Crippen molar-refractivity contribution in [3.63, 3.8) is 0 Å². The number of benzene rings is 1. The van der Waals surface area contributed by atoms with E-state index in [0.29, 0.717) is 17.2 Å². The van der Waals surface area contributed by atoms with Crippen LogP contribution in [0, 0.1) is 6.92 Å². The second-order valence-electron chi connectivity index (χ2n) is 7.21. The summed E-state index contributed by atoms with van der Waals surface area (Å²) < 4.78 is 0. The van der Waals surface area contributed by atoms with Crippen LogP contribution in [-0.2, 0) is 6.42 Å². The Labute approximate surface area is 161 Å². The predicted molar refractivity (Wildman–Crippen MR) is 109 cm³/mol. The Bertz CT molecular complexity index is 767. The minimum atomic E-state index is -0.168. The van der Waals surface area contributed by atoms with E-state index in [9.17, 15) is 4.79 Å². The molecule has 0 saturated carbocycles. The summed E-state index contributed by atoms with van der Waals surface area (Å²) in [6.07, 6.45) is 5.08. The van der Waals surface area contributed by atoms with Crippen LogP contribution in [0.1, 0.15) is 41.4 Å². The number of unbranched alkanes of at least 4 members (excludes halogenated alkanes) is 1. The SMILES string of the molecule is CCCCc1ccc(NC(=O)c2cnc(N3CCN(C)CC3)nc2C)cc1. The van der Waals surface area contributed by atoms with Crippen molar-refractivity contribution in [3.05, 3.63) is 47.3 Å². The molecule has 1 aliphatic rings. The van der Waals surface area contributed by atoms with Gasteiger partial charge in [0.15, 0.2) is 0 Å². The molecule has 1 aliphatic heterocycles. The number of rotatable bonds is 6. The fourth-order valence-corrected chi connectivity index (χ4v) is 3.17. The number of hydrogen-bond donors (Lipinski definition) is 1. The van der Waals surface area contributed by atoms with E-state index in [2.05, 4.69) is 51.2 Å². The van der Waals surface area contributed by atoms with Gasteiger partial charge >= 0.3 is 0 Å². The summed E-state index contributed by atoms with van der Waals surface area (Å²) in [5.41, 5.74) is 3.31. The van der Waals surface area contributed by atoms with E-state index in [1.54, 1.807) is 6.20 Å². The first-order valence-corrected chi connectivity index (χ1v) is 9.74. The van der Waals surface area contributed by atoms with Gasteiger partial charge in [-0.1, -0.05) is 25.5 Å². The third-order valence-corrected chi connectivity index (χ3v) is 5.03. The molecule has 1 N–H and O–H groups in total. The predicted octanol–water partition coefficient (Wildman–Crippen LogP) is 3.13. The standard InChI is InChI=1S/C21H29N5O/c1-4-5-6-17-7-9-18(10-8-17)24-20(27)19-15-22-21(23-16(19)2)26-13-11-25(3)12-14-26/h7-10,15H,4-6,11-14H2,1-3H3,(H,24,27). The molecular weight excluding hydrogens is 338 g/mol. The first kappa shape index (κ1) is 19.3. The molecule has 1 fully saturated rings. The molecule has 2 aromatic rings. The van der Waals surface area contributed by atoms with Crippen LogP contribution in [-0.4, -0.2) is 54.0 Å². The van der Waals surface area contributed by atoms with Gasteiger partial charge in [-0.3, -0.25) is 4.79 Å². The number of hydrogen-bond acceptors (Lipinski definition) is 5. The highest BCUT2D eigenvalue weighted by Gasteiger charge is 2.18. The molecule has 1 amide bonds. The molecule has 3 rings (SSSR count). The average Bonchev–Trinajstić information content (AvgIpc) is 2.68. The molecule has 144 valence electrons. The number of nitrogens with one attached hydrogen (secondary N) is 1. The largest absolute Gasteiger partial charge is 0.338 e. The number of nitrogens with zero attached hydrogens (tertiary/aromatic N) is 4. The number of carbonyl (C=O) groups is 1. The van der Waals surface area contributed by atoms with Crippen LogP contribution >= 0.6 is 0 Å². The van der Waals surface area contributed by atoms with Gasteiger partial charge in [0, 0.05) is 38.1 Å². The van der Waals surface area contributed by atoms with Gasteiger partial charge in [-0.25, -0.2) is 9.97 Å². The van der Waals surface area contributed by atoms with Crippen LogP contribution in [0.15, 0.2) is 30.5 Å². The summed E-state index contributed by atoms with van der Waals surface area (Å²) in [5.74, 6) is 0.538. The summed E-state index contributed by atoms with van der Waals surface area (Å²) in [6, 6.07) is 8.06. The smallest absolute Gasteiger partial charge is 0.259 e. The zero-order valence-corrected chi connectivity index (χ0v) is 16.5. The third-order valence-electron chi connectivity index (χ3n) is 5.03. The number of aryl methyl sites for hydroxylation is 2. The van der Waals surface area contributed by atoms with Crippen molar-refractivity contribution in [3.8, 4) is 0 Å². The number of amides is 1. The fraction of sp³-hybridized carbons (Fsp3) is 0.476. The molecule has 2 heterocycles. The van der Waals surface area contributed by atoms with Gasteiger partial charge in [0.05, 0.1) is 11.3 Å². The first-order chi connectivity index (χ1) is 13.1. The van der Waals surface area contributed by atoms with Crippen LogP contribution < -0.4 is 10.2 Å². The minimum absolute atomic E-state index is 0.168. The van der Waals surface area contributed by atoms with E-state index >= 15 is 0 Å². The normalized spacial score (nSPS) is 15.0. The van der Waals surface area contributed by atoms with Crippen molar-refractivity contribution >= 4 is 17.5 Å². The van der Waals surface area contributed by atoms with E-state index in [-0.39, 0.29) is 5.91 Å². The molecule has 0 spiro atoms. The van der Waals surface area contributed by atoms with Crippen molar-refractivity contribution < 1.29 is 4.79 Å². The molecule has 27 heavy (non-hydrogen) atoms. The summed E-state index contributed by atoms with van der Waals surface area (Å²) in [6.45, 7) is 7.87. The zero-order valence-electron chi connectivity index (χ0n) is 16.5. The highest BCUT2D eigenvalue weighted by molar-refractivity contribution is 6.04. The number of anilines is 2. The Morgan fingerprint density at radius 3 is 2.48 bits per heavy atom. The Morgan fingerprint density at radius 2 is 1.85 bits per heavy atom. The minimum Gasteiger partial charge on any atom is -0.338 e. The molecule has 1 aromatic heterocycles. The molecule has 1 saturated heterocycles. The number of likely N-dealkylation sites (N-methyl/N-ethyl adjacent to an activating group) is 1. The van der Waals surface area contributed by atoms with Crippen LogP contribution in [0.3, 0.4) is 0 Å². The van der Waals surface area contributed by atoms with Gasteiger partial charge in [0.25, 0.3) is 5.91 Å². The van der Waals surface area contributed by atoms with Crippen LogP contribution in [0.4, 0.5) is 11.6 Å². The quantitative estimate of drug-likeness (QED) is 0.850. The van der Waals surface area contributed by atoms with Crippen LogP contribution in [0.2, 0.25) is 0 Å². The van der Waals surface area contributed by atoms with Crippen molar-refractivity contribution in [2.75, 3.05) is 43.4 Å². The van der Waals surface area contributed by atoms with E-state index in [0.717, 1.165) is 38.3 Å². The summed E-state index contributed by atoms with van der Waals surface area (Å²) >= 11 is 0. The molecule has 6 heteroatoms. The maximum Gasteiger partial charge on any atom is 0.259 e. The lowest BCUT2D eigenvalue weighted by Crippen LogP contribution is -2.45. The highest BCUT2D eigenvalue weighted by Crippen LogP contribution is 2.16. The van der Waals surface area contributed by atoms with Gasteiger partial charge in [0.2, 0.25) is 5.95 Å². The Morgan fingerprint density at radius 1 is 1.15 bits per heavy atom. The molecule has 0 radical (unpaired) electrons. The van der Waals surface area contributed by atoms with Gasteiger partial charge in [-0.05, 0) is 44.5 Å². The molecule has 0 aliphatic carbocycles. The summed E-state index contributed by atoms with van der Waals surface area (Å²) in [7, 11) is 2.12. The molecule has 0 bridgehead atoms.